The van der Waals surface area contributed by atoms with Gasteiger partial charge < -0.3 is 15.2 Å². The molecule has 0 spiro atoms. The lowest BCUT2D eigenvalue weighted by Crippen LogP contribution is -2.47. The van der Waals surface area contributed by atoms with Gasteiger partial charge in [0.1, 0.15) is 5.82 Å². The minimum atomic E-state index is -0.103. The average Bonchev–Trinajstić information content (AvgIpc) is 3.15. The first kappa shape index (κ1) is 15.3. The Labute approximate surface area is 135 Å². The quantitative estimate of drug-likeness (QED) is 0.905. The summed E-state index contributed by atoms with van der Waals surface area (Å²) in [5.74, 6) is 0.501. The minimum absolute atomic E-state index is 0.103. The second-order valence-corrected chi connectivity index (χ2v) is 5.66. The number of hydrogen-bond acceptors (Lipinski definition) is 4. The molecule has 118 valence electrons. The Morgan fingerprint density at radius 2 is 2.39 bits per heavy atom. The molecule has 1 aliphatic rings. The van der Waals surface area contributed by atoms with Gasteiger partial charge in [-0.05, 0) is 26.0 Å². The first-order chi connectivity index (χ1) is 11.2. The smallest absolute Gasteiger partial charge is 0.256 e. The van der Waals surface area contributed by atoms with Crippen LogP contribution in [0.25, 0.3) is 11.4 Å². The number of aromatic amines is 1. The molecular formula is C17H19N5O. The lowest BCUT2D eigenvalue weighted by Gasteiger charge is -2.33. The zero-order valence-corrected chi connectivity index (χ0v) is 13.0. The lowest BCUT2D eigenvalue weighted by atomic mass is 9.98. The van der Waals surface area contributed by atoms with E-state index in [1.165, 1.54) is 0 Å². The van der Waals surface area contributed by atoms with Crippen molar-refractivity contribution in [1.29, 1.82) is 5.26 Å². The molecule has 1 fully saturated rings. The van der Waals surface area contributed by atoms with Gasteiger partial charge in [0.15, 0.2) is 0 Å². The number of likely N-dealkylation sites (N-methyl/N-ethyl adjacent to an activating group) is 1. The van der Waals surface area contributed by atoms with Crippen LogP contribution < -0.4 is 5.32 Å². The molecule has 0 bridgehead atoms. The van der Waals surface area contributed by atoms with Crippen LogP contribution in [0.2, 0.25) is 0 Å². The standard InChI is InChI=1S/C17H19N5O/c1-19-13-5-3-9-22(11-13)17(23)15-12(10-18)4-2-6-14(15)16-20-7-8-21-16/h2,4,6-8,13,19H,3,5,9,11H2,1H3,(H,20,21). The fourth-order valence-corrected chi connectivity index (χ4v) is 3.04. The number of rotatable bonds is 3. The van der Waals surface area contributed by atoms with Crippen LogP contribution in [-0.4, -0.2) is 47.0 Å². The van der Waals surface area contributed by atoms with E-state index in [2.05, 4.69) is 21.4 Å². The molecule has 0 radical (unpaired) electrons. The minimum Gasteiger partial charge on any atom is -0.345 e. The summed E-state index contributed by atoms with van der Waals surface area (Å²) in [6.07, 6.45) is 5.37. The molecule has 6 heteroatoms. The van der Waals surface area contributed by atoms with E-state index >= 15 is 0 Å². The molecule has 0 aliphatic carbocycles. The number of likely N-dealkylation sites (tertiary alicyclic amines) is 1. The molecule has 1 saturated heterocycles. The zero-order valence-electron chi connectivity index (χ0n) is 13.0. The number of aromatic nitrogens is 2. The van der Waals surface area contributed by atoms with Crippen LogP contribution in [0.1, 0.15) is 28.8 Å². The second kappa shape index (κ2) is 6.63. The molecule has 2 N–H and O–H groups in total. The SMILES string of the molecule is CNC1CCCN(C(=O)c2c(C#N)cccc2-c2ncc[nH]2)C1. The Morgan fingerprint density at radius 3 is 3.09 bits per heavy atom. The summed E-state index contributed by atoms with van der Waals surface area (Å²) < 4.78 is 0. The highest BCUT2D eigenvalue weighted by molar-refractivity contribution is 6.02. The summed E-state index contributed by atoms with van der Waals surface area (Å²) in [6, 6.07) is 7.72. The van der Waals surface area contributed by atoms with E-state index in [9.17, 15) is 10.1 Å². The molecule has 3 rings (SSSR count). The highest BCUT2D eigenvalue weighted by atomic mass is 16.2. The first-order valence-electron chi connectivity index (χ1n) is 7.74. The van der Waals surface area contributed by atoms with E-state index in [4.69, 9.17) is 0 Å². The number of piperidine rings is 1. The number of nitrogens with one attached hydrogen (secondary N) is 2. The molecular weight excluding hydrogens is 290 g/mol. The number of carbonyl (C=O) groups is 1. The van der Waals surface area contributed by atoms with E-state index in [1.807, 2.05) is 18.0 Å². The number of nitrogens with zero attached hydrogens (tertiary/aromatic N) is 3. The Hall–Kier alpha value is -2.65. The van der Waals surface area contributed by atoms with E-state index in [0.29, 0.717) is 41.6 Å². The topological polar surface area (TPSA) is 84.8 Å². The van der Waals surface area contributed by atoms with Crippen molar-refractivity contribution in [3.05, 3.63) is 41.7 Å². The second-order valence-electron chi connectivity index (χ2n) is 5.66. The first-order valence-corrected chi connectivity index (χ1v) is 7.74. The van der Waals surface area contributed by atoms with Crippen molar-refractivity contribution in [2.75, 3.05) is 20.1 Å². The number of amides is 1. The van der Waals surface area contributed by atoms with Crippen molar-refractivity contribution in [3.8, 4) is 17.5 Å². The number of H-pyrrole nitrogens is 1. The molecule has 1 unspecified atom stereocenters. The number of hydrogen-bond donors (Lipinski definition) is 2. The van der Waals surface area contributed by atoms with Gasteiger partial charge in [-0.3, -0.25) is 4.79 Å². The summed E-state index contributed by atoms with van der Waals surface area (Å²) in [6.45, 7) is 1.38. The van der Waals surface area contributed by atoms with E-state index in [0.717, 1.165) is 12.8 Å². The number of imidazole rings is 1. The molecule has 0 saturated carbocycles. The molecule has 1 atom stereocenters. The van der Waals surface area contributed by atoms with Crippen LogP contribution in [0.3, 0.4) is 0 Å². The monoisotopic (exact) mass is 309 g/mol. The summed E-state index contributed by atoms with van der Waals surface area (Å²) in [4.78, 5) is 22.1. The summed E-state index contributed by atoms with van der Waals surface area (Å²) in [5, 5.41) is 12.7. The van der Waals surface area contributed by atoms with E-state index in [1.54, 1.807) is 24.5 Å². The Balaban J connectivity index is 2.01. The van der Waals surface area contributed by atoms with Gasteiger partial charge >= 0.3 is 0 Å². The molecule has 1 amide bonds. The van der Waals surface area contributed by atoms with Crippen molar-refractivity contribution < 1.29 is 4.79 Å². The third-order valence-corrected chi connectivity index (χ3v) is 4.27. The van der Waals surface area contributed by atoms with Gasteiger partial charge in [0.2, 0.25) is 0 Å². The number of benzene rings is 1. The third kappa shape index (κ3) is 2.96. The predicted molar refractivity (Wildman–Crippen MR) is 86.7 cm³/mol. The van der Waals surface area contributed by atoms with Crippen LogP contribution in [0.4, 0.5) is 0 Å². The van der Waals surface area contributed by atoms with Crippen LogP contribution in [0.15, 0.2) is 30.6 Å². The summed E-state index contributed by atoms with van der Waals surface area (Å²) in [7, 11) is 1.91. The van der Waals surface area contributed by atoms with Crippen molar-refractivity contribution in [1.82, 2.24) is 20.2 Å². The lowest BCUT2D eigenvalue weighted by molar-refractivity contribution is 0.0698. The fourth-order valence-electron chi connectivity index (χ4n) is 3.04. The Morgan fingerprint density at radius 1 is 1.52 bits per heavy atom. The van der Waals surface area contributed by atoms with Crippen LogP contribution in [0.5, 0.6) is 0 Å². The highest BCUT2D eigenvalue weighted by Crippen LogP contribution is 2.26. The number of carbonyl (C=O) groups excluding carboxylic acids is 1. The van der Waals surface area contributed by atoms with E-state index in [-0.39, 0.29) is 5.91 Å². The summed E-state index contributed by atoms with van der Waals surface area (Å²) in [5.41, 5.74) is 1.49. The van der Waals surface area contributed by atoms with Gasteiger partial charge in [-0.1, -0.05) is 12.1 Å². The maximum absolute atomic E-state index is 13.1. The van der Waals surface area contributed by atoms with Crippen molar-refractivity contribution in [2.45, 2.75) is 18.9 Å². The zero-order chi connectivity index (χ0) is 16.2. The van der Waals surface area contributed by atoms with Gasteiger partial charge in [0, 0.05) is 37.1 Å². The van der Waals surface area contributed by atoms with Gasteiger partial charge in [0.05, 0.1) is 17.2 Å². The van der Waals surface area contributed by atoms with Crippen molar-refractivity contribution >= 4 is 5.91 Å². The van der Waals surface area contributed by atoms with Crippen molar-refractivity contribution in [2.24, 2.45) is 0 Å². The Kier molecular flexibility index (Phi) is 4.40. The summed E-state index contributed by atoms with van der Waals surface area (Å²) >= 11 is 0. The molecule has 2 heterocycles. The Bertz CT molecular complexity index is 732. The normalized spacial score (nSPS) is 17.7. The van der Waals surface area contributed by atoms with Crippen molar-refractivity contribution in [3.63, 3.8) is 0 Å². The third-order valence-electron chi connectivity index (χ3n) is 4.27. The number of nitriles is 1. The van der Waals surface area contributed by atoms with Crippen LogP contribution >= 0.6 is 0 Å². The maximum Gasteiger partial charge on any atom is 0.256 e. The van der Waals surface area contributed by atoms with Gasteiger partial charge in [-0.15, -0.1) is 0 Å². The van der Waals surface area contributed by atoms with Crippen LogP contribution in [0, 0.1) is 11.3 Å². The van der Waals surface area contributed by atoms with Gasteiger partial charge in [-0.2, -0.15) is 5.26 Å². The predicted octanol–water partition coefficient (Wildman–Crippen LogP) is 1.77. The average molecular weight is 309 g/mol. The van der Waals surface area contributed by atoms with Gasteiger partial charge in [0.25, 0.3) is 5.91 Å². The highest BCUT2D eigenvalue weighted by Gasteiger charge is 2.27. The fraction of sp³-hybridized carbons (Fsp3) is 0.353. The maximum atomic E-state index is 13.1. The molecule has 1 aromatic heterocycles. The molecule has 1 aromatic carbocycles. The molecule has 23 heavy (non-hydrogen) atoms. The largest absolute Gasteiger partial charge is 0.345 e. The van der Waals surface area contributed by atoms with E-state index < -0.39 is 0 Å². The molecule has 6 nitrogen and oxygen atoms in total. The molecule has 1 aliphatic heterocycles. The molecule has 2 aromatic rings. The van der Waals surface area contributed by atoms with Crippen LogP contribution in [-0.2, 0) is 0 Å². The van der Waals surface area contributed by atoms with Gasteiger partial charge in [-0.25, -0.2) is 4.98 Å².